The van der Waals surface area contributed by atoms with E-state index in [1.807, 2.05) is 0 Å². The summed E-state index contributed by atoms with van der Waals surface area (Å²) in [6, 6.07) is 4.55. The Balaban J connectivity index is 2.04. The second kappa shape index (κ2) is 5.28. The van der Waals surface area contributed by atoms with Crippen LogP contribution in [0.1, 0.15) is 17.3 Å². The lowest BCUT2D eigenvalue weighted by atomic mass is 9.86. The van der Waals surface area contributed by atoms with Crippen molar-refractivity contribution in [3.8, 4) is 0 Å². The van der Waals surface area contributed by atoms with Gasteiger partial charge >= 0.3 is 5.97 Å². The van der Waals surface area contributed by atoms with Crippen LogP contribution < -0.4 is 0 Å². The molecule has 4 nitrogen and oxygen atoms in total. The lowest BCUT2D eigenvalue weighted by Crippen LogP contribution is -2.53. The second-order valence-electron chi connectivity index (χ2n) is 4.70. The van der Waals surface area contributed by atoms with Crippen LogP contribution in [-0.2, 0) is 4.79 Å². The van der Waals surface area contributed by atoms with Gasteiger partial charge in [-0.05, 0) is 28.1 Å². The molecule has 1 aromatic rings. The van der Waals surface area contributed by atoms with Gasteiger partial charge in [0.1, 0.15) is 5.82 Å². The van der Waals surface area contributed by atoms with Crippen molar-refractivity contribution in [2.24, 2.45) is 11.8 Å². The summed E-state index contributed by atoms with van der Waals surface area (Å²) in [5.74, 6) is -2.39. The summed E-state index contributed by atoms with van der Waals surface area (Å²) in [6.07, 6.45) is 0. The van der Waals surface area contributed by atoms with E-state index in [0.29, 0.717) is 13.1 Å². The van der Waals surface area contributed by atoms with Crippen LogP contribution in [-0.4, -0.2) is 35.0 Å². The number of hydrogen-bond donors (Lipinski definition) is 1. The van der Waals surface area contributed by atoms with Crippen LogP contribution in [0.2, 0.25) is 0 Å². The molecule has 6 heteroatoms. The van der Waals surface area contributed by atoms with E-state index in [4.69, 9.17) is 5.11 Å². The first-order valence-electron chi connectivity index (χ1n) is 5.88. The number of amides is 1. The number of benzene rings is 1. The largest absolute Gasteiger partial charge is 0.481 e. The molecular weight excluding hydrogens is 317 g/mol. The van der Waals surface area contributed by atoms with Crippen molar-refractivity contribution in [2.45, 2.75) is 6.92 Å². The SMILES string of the molecule is CC(C(=O)O)C1CN(C(=O)c2cccc(Br)c2F)C1. The van der Waals surface area contributed by atoms with Crippen molar-refractivity contribution in [3.63, 3.8) is 0 Å². The highest BCUT2D eigenvalue weighted by molar-refractivity contribution is 9.10. The van der Waals surface area contributed by atoms with Gasteiger partial charge in [-0.15, -0.1) is 0 Å². The summed E-state index contributed by atoms with van der Waals surface area (Å²) in [7, 11) is 0. The zero-order valence-electron chi connectivity index (χ0n) is 10.3. The number of aliphatic carboxylic acids is 1. The average Bonchev–Trinajstić information content (AvgIpc) is 2.30. The van der Waals surface area contributed by atoms with E-state index in [1.165, 1.54) is 17.0 Å². The van der Waals surface area contributed by atoms with Gasteiger partial charge in [0.25, 0.3) is 5.91 Å². The molecule has 1 aromatic carbocycles. The van der Waals surface area contributed by atoms with Gasteiger partial charge in [-0.25, -0.2) is 4.39 Å². The monoisotopic (exact) mass is 329 g/mol. The Bertz CT molecular complexity index is 529. The molecule has 0 saturated carbocycles. The maximum absolute atomic E-state index is 13.8. The third-order valence-electron chi connectivity index (χ3n) is 3.48. The highest BCUT2D eigenvalue weighted by atomic mass is 79.9. The molecule has 2 rings (SSSR count). The van der Waals surface area contributed by atoms with Crippen molar-refractivity contribution in [3.05, 3.63) is 34.1 Å². The Kier molecular flexibility index (Phi) is 3.89. The van der Waals surface area contributed by atoms with Gasteiger partial charge in [0.05, 0.1) is 16.0 Å². The van der Waals surface area contributed by atoms with Crippen LogP contribution in [0, 0.1) is 17.7 Å². The van der Waals surface area contributed by atoms with Crippen LogP contribution in [0.25, 0.3) is 0 Å². The van der Waals surface area contributed by atoms with Gasteiger partial charge in [0.15, 0.2) is 0 Å². The van der Waals surface area contributed by atoms with Crippen LogP contribution >= 0.6 is 15.9 Å². The Morgan fingerprint density at radius 3 is 2.68 bits per heavy atom. The van der Waals surface area contributed by atoms with Crippen molar-refractivity contribution in [1.82, 2.24) is 4.90 Å². The van der Waals surface area contributed by atoms with E-state index in [-0.39, 0.29) is 16.0 Å². The summed E-state index contributed by atoms with van der Waals surface area (Å²) in [5.41, 5.74) is 0.0100. The van der Waals surface area contributed by atoms with Gasteiger partial charge in [-0.1, -0.05) is 13.0 Å². The maximum atomic E-state index is 13.8. The zero-order chi connectivity index (χ0) is 14.2. The zero-order valence-corrected chi connectivity index (χ0v) is 11.9. The third-order valence-corrected chi connectivity index (χ3v) is 4.09. The number of carbonyl (C=O) groups is 2. The fourth-order valence-electron chi connectivity index (χ4n) is 2.04. The first kappa shape index (κ1) is 14.0. The standard InChI is InChI=1S/C13H13BrFNO3/c1-7(13(18)19)8-5-16(6-8)12(17)9-3-2-4-10(14)11(9)15/h2-4,7-8H,5-6H2,1H3,(H,18,19). The highest BCUT2D eigenvalue weighted by Crippen LogP contribution is 2.27. The van der Waals surface area contributed by atoms with Crippen molar-refractivity contribution >= 4 is 27.8 Å². The molecule has 1 amide bonds. The predicted molar refractivity (Wildman–Crippen MR) is 70.3 cm³/mol. The molecule has 19 heavy (non-hydrogen) atoms. The van der Waals surface area contributed by atoms with Crippen molar-refractivity contribution < 1.29 is 19.1 Å². The Morgan fingerprint density at radius 2 is 2.11 bits per heavy atom. The molecule has 1 aliphatic heterocycles. The van der Waals surface area contributed by atoms with E-state index < -0.39 is 23.6 Å². The molecule has 1 saturated heterocycles. The lowest BCUT2D eigenvalue weighted by Gasteiger charge is -2.41. The third kappa shape index (κ3) is 2.63. The van der Waals surface area contributed by atoms with E-state index in [2.05, 4.69) is 15.9 Å². The molecule has 0 radical (unpaired) electrons. The van der Waals surface area contributed by atoms with E-state index >= 15 is 0 Å². The fourth-order valence-corrected chi connectivity index (χ4v) is 2.40. The van der Waals surface area contributed by atoms with Gasteiger partial charge in [-0.2, -0.15) is 0 Å². The molecule has 1 unspecified atom stereocenters. The number of halogens is 2. The predicted octanol–water partition coefficient (Wildman–Crippen LogP) is 2.38. The molecule has 0 bridgehead atoms. The molecule has 0 aliphatic carbocycles. The molecule has 1 aliphatic rings. The summed E-state index contributed by atoms with van der Waals surface area (Å²) in [5, 5.41) is 8.87. The molecule has 1 heterocycles. The van der Waals surface area contributed by atoms with Crippen LogP contribution in [0.15, 0.2) is 22.7 Å². The fraction of sp³-hybridized carbons (Fsp3) is 0.385. The number of rotatable bonds is 3. The summed E-state index contributed by atoms with van der Waals surface area (Å²) in [4.78, 5) is 24.3. The number of carboxylic acid groups (broad SMARTS) is 1. The molecule has 1 atom stereocenters. The molecular formula is C13H13BrFNO3. The van der Waals surface area contributed by atoms with E-state index in [9.17, 15) is 14.0 Å². The first-order valence-corrected chi connectivity index (χ1v) is 6.67. The Morgan fingerprint density at radius 1 is 1.47 bits per heavy atom. The Labute approximate surface area is 118 Å². The van der Waals surface area contributed by atoms with Crippen LogP contribution in [0.3, 0.4) is 0 Å². The summed E-state index contributed by atoms with van der Waals surface area (Å²) < 4.78 is 14.0. The first-order chi connectivity index (χ1) is 8.91. The number of hydrogen-bond acceptors (Lipinski definition) is 2. The van der Waals surface area contributed by atoms with E-state index in [0.717, 1.165) is 0 Å². The number of likely N-dealkylation sites (tertiary alicyclic amines) is 1. The lowest BCUT2D eigenvalue weighted by molar-refractivity contribution is -0.144. The van der Waals surface area contributed by atoms with Gasteiger partial charge < -0.3 is 10.0 Å². The summed E-state index contributed by atoms with van der Waals surface area (Å²) in [6.45, 7) is 2.34. The van der Waals surface area contributed by atoms with Crippen molar-refractivity contribution in [1.29, 1.82) is 0 Å². The minimum atomic E-state index is -0.870. The number of nitrogens with zero attached hydrogens (tertiary/aromatic N) is 1. The topological polar surface area (TPSA) is 57.6 Å². The average molecular weight is 330 g/mol. The Hall–Kier alpha value is -1.43. The van der Waals surface area contributed by atoms with Gasteiger partial charge in [0.2, 0.25) is 0 Å². The molecule has 102 valence electrons. The maximum Gasteiger partial charge on any atom is 0.306 e. The van der Waals surface area contributed by atoms with Crippen LogP contribution in [0.4, 0.5) is 4.39 Å². The highest BCUT2D eigenvalue weighted by Gasteiger charge is 2.38. The van der Waals surface area contributed by atoms with Gasteiger partial charge in [-0.3, -0.25) is 9.59 Å². The van der Waals surface area contributed by atoms with Gasteiger partial charge in [0, 0.05) is 19.0 Å². The molecule has 1 N–H and O–H groups in total. The minimum Gasteiger partial charge on any atom is -0.481 e. The normalized spacial score (nSPS) is 16.9. The van der Waals surface area contributed by atoms with Crippen LogP contribution in [0.5, 0.6) is 0 Å². The smallest absolute Gasteiger partial charge is 0.306 e. The minimum absolute atomic E-state index is 0.0100. The molecule has 0 spiro atoms. The second-order valence-corrected chi connectivity index (χ2v) is 5.55. The summed E-state index contributed by atoms with van der Waals surface area (Å²) >= 11 is 3.03. The number of carboxylic acids is 1. The molecule has 1 fully saturated rings. The van der Waals surface area contributed by atoms with Crippen molar-refractivity contribution in [2.75, 3.05) is 13.1 Å². The quantitative estimate of drug-likeness (QED) is 0.926. The molecule has 0 aromatic heterocycles. The van der Waals surface area contributed by atoms with E-state index in [1.54, 1.807) is 13.0 Å². The number of carbonyl (C=O) groups excluding carboxylic acids is 1.